The fourth-order valence-corrected chi connectivity index (χ4v) is 4.52. The Labute approximate surface area is 131 Å². The first-order valence-corrected chi connectivity index (χ1v) is 8.68. The minimum absolute atomic E-state index is 0.0740. The molecule has 0 aliphatic carbocycles. The molecular formula is C13H15BrFN3O2S. The molecule has 0 radical (unpaired) electrons. The van der Waals surface area contributed by atoms with Crippen LogP contribution in [0.2, 0.25) is 0 Å². The summed E-state index contributed by atoms with van der Waals surface area (Å²) in [5.41, 5.74) is 6.85. The molecule has 0 saturated heterocycles. The standard InChI is InChI=1S/C13H15BrFN3O2S/c1-3-10-13(14)11(18(2)17-10)7-21(19,20)12-5-4-8(15)6-9(12)16/h4-6H,3,7,16H2,1-2H3. The highest BCUT2D eigenvalue weighted by Crippen LogP contribution is 2.28. The van der Waals surface area contributed by atoms with Gasteiger partial charge in [-0.05, 0) is 40.5 Å². The SMILES string of the molecule is CCc1nn(C)c(CS(=O)(=O)c2ccc(F)cc2N)c1Br. The van der Waals surface area contributed by atoms with Gasteiger partial charge >= 0.3 is 0 Å². The van der Waals surface area contributed by atoms with Crippen LogP contribution in [0.25, 0.3) is 0 Å². The van der Waals surface area contributed by atoms with Crippen molar-refractivity contribution in [3.8, 4) is 0 Å². The lowest BCUT2D eigenvalue weighted by Gasteiger charge is -2.08. The van der Waals surface area contributed by atoms with E-state index in [9.17, 15) is 12.8 Å². The van der Waals surface area contributed by atoms with Gasteiger partial charge in [0.05, 0.1) is 32.2 Å². The molecule has 1 aromatic heterocycles. The Morgan fingerprint density at radius 1 is 1.43 bits per heavy atom. The summed E-state index contributed by atoms with van der Waals surface area (Å²) >= 11 is 3.38. The van der Waals surface area contributed by atoms with Gasteiger partial charge in [0.1, 0.15) is 5.82 Å². The molecule has 2 N–H and O–H groups in total. The molecule has 114 valence electrons. The molecule has 0 saturated carbocycles. The van der Waals surface area contributed by atoms with Crippen LogP contribution < -0.4 is 5.73 Å². The van der Waals surface area contributed by atoms with Crippen molar-refractivity contribution in [2.75, 3.05) is 5.73 Å². The van der Waals surface area contributed by atoms with Crippen molar-refractivity contribution in [3.63, 3.8) is 0 Å². The first-order chi connectivity index (χ1) is 9.76. The molecular weight excluding hydrogens is 361 g/mol. The van der Waals surface area contributed by atoms with E-state index in [2.05, 4.69) is 21.0 Å². The van der Waals surface area contributed by atoms with Crippen molar-refractivity contribution in [2.45, 2.75) is 24.0 Å². The molecule has 0 aliphatic heterocycles. The van der Waals surface area contributed by atoms with Crippen molar-refractivity contribution in [1.29, 1.82) is 0 Å². The number of hydrogen-bond acceptors (Lipinski definition) is 4. The number of benzene rings is 1. The molecule has 2 aromatic rings. The van der Waals surface area contributed by atoms with Crippen molar-refractivity contribution < 1.29 is 12.8 Å². The van der Waals surface area contributed by atoms with Crippen molar-refractivity contribution in [1.82, 2.24) is 9.78 Å². The summed E-state index contributed by atoms with van der Waals surface area (Å²) < 4.78 is 40.2. The van der Waals surface area contributed by atoms with E-state index < -0.39 is 15.7 Å². The van der Waals surface area contributed by atoms with Gasteiger partial charge in [-0.2, -0.15) is 5.10 Å². The summed E-state index contributed by atoms with van der Waals surface area (Å²) in [6.07, 6.45) is 0.688. The molecule has 8 heteroatoms. The van der Waals surface area contributed by atoms with Gasteiger partial charge in [0.2, 0.25) is 0 Å². The van der Waals surface area contributed by atoms with E-state index in [1.807, 2.05) is 6.92 Å². The lowest BCUT2D eigenvalue weighted by atomic mass is 10.3. The fourth-order valence-electron chi connectivity index (χ4n) is 2.04. The highest BCUT2D eigenvalue weighted by atomic mass is 79.9. The third-order valence-corrected chi connectivity index (χ3v) is 5.75. The van der Waals surface area contributed by atoms with Gasteiger partial charge < -0.3 is 5.73 Å². The number of halogens is 2. The Morgan fingerprint density at radius 3 is 2.62 bits per heavy atom. The predicted molar refractivity (Wildman–Crippen MR) is 82.0 cm³/mol. The number of aromatic nitrogens is 2. The number of hydrogen-bond donors (Lipinski definition) is 1. The Bertz CT molecular complexity index is 787. The van der Waals surface area contributed by atoms with Gasteiger partial charge in [0.25, 0.3) is 0 Å². The molecule has 1 heterocycles. The quantitative estimate of drug-likeness (QED) is 0.657. The van der Waals surface area contributed by atoms with E-state index in [0.717, 1.165) is 17.8 Å². The Balaban J connectivity index is 2.45. The Kier molecular flexibility index (Phi) is 4.38. The van der Waals surface area contributed by atoms with E-state index in [1.54, 1.807) is 7.05 Å². The third-order valence-electron chi connectivity index (χ3n) is 3.14. The first-order valence-electron chi connectivity index (χ1n) is 6.24. The lowest BCUT2D eigenvalue weighted by molar-refractivity contribution is 0.591. The average molecular weight is 376 g/mol. The van der Waals surface area contributed by atoms with Gasteiger partial charge in [-0.15, -0.1) is 0 Å². The summed E-state index contributed by atoms with van der Waals surface area (Å²) in [5, 5.41) is 4.26. The van der Waals surface area contributed by atoms with E-state index >= 15 is 0 Å². The molecule has 0 bridgehead atoms. The normalized spacial score (nSPS) is 11.8. The second-order valence-electron chi connectivity index (χ2n) is 4.63. The first kappa shape index (κ1) is 16.0. The maximum Gasteiger partial charge on any atom is 0.186 e. The molecule has 0 aliphatic rings. The number of aryl methyl sites for hydroxylation is 2. The van der Waals surface area contributed by atoms with Gasteiger partial charge in [-0.25, -0.2) is 12.8 Å². The number of rotatable bonds is 4. The zero-order valence-corrected chi connectivity index (χ0v) is 14.0. The molecule has 1 aromatic carbocycles. The van der Waals surface area contributed by atoms with Crippen LogP contribution in [0.15, 0.2) is 27.6 Å². The lowest BCUT2D eigenvalue weighted by Crippen LogP contribution is -2.11. The molecule has 0 unspecified atom stereocenters. The van der Waals surface area contributed by atoms with Crippen LogP contribution in [0.3, 0.4) is 0 Å². The van der Waals surface area contributed by atoms with Crippen LogP contribution >= 0.6 is 15.9 Å². The van der Waals surface area contributed by atoms with Gasteiger partial charge in [0.15, 0.2) is 9.84 Å². The third kappa shape index (κ3) is 3.11. The van der Waals surface area contributed by atoms with Crippen molar-refractivity contribution in [2.24, 2.45) is 7.05 Å². The van der Waals surface area contributed by atoms with Crippen molar-refractivity contribution >= 4 is 31.5 Å². The van der Waals surface area contributed by atoms with Crippen LogP contribution in [0.4, 0.5) is 10.1 Å². The summed E-state index contributed by atoms with van der Waals surface area (Å²) in [7, 11) is -2.00. The zero-order valence-electron chi connectivity index (χ0n) is 11.6. The summed E-state index contributed by atoms with van der Waals surface area (Å²) in [6.45, 7) is 1.93. The topological polar surface area (TPSA) is 78.0 Å². The number of nitrogen functional groups attached to an aromatic ring is 1. The number of nitrogens with zero attached hydrogens (tertiary/aromatic N) is 2. The fraction of sp³-hybridized carbons (Fsp3) is 0.308. The number of nitrogens with two attached hydrogens (primary N) is 1. The van der Waals surface area contributed by atoms with Crippen LogP contribution in [-0.4, -0.2) is 18.2 Å². The minimum Gasteiger partial charge on any atom is -0.398 e. The number of anilines is 1. The summed E-state index contributed by atoms with van der Waals surface area (Å²) in [6, 6.07) is 3.27. The molecule has 21 heavy (non-hydrogen) atoms. The largest absolute Gasteiger partial charge is 0.398 e. The Hall–Kier alpha value is -1.41. The molecule has 0 atom stereocenters. The molecule has 0 spiro atoms. The maximum atomic E-state index is 13.0. The van der Waals surface area contributed by atoms with E-state index in [1.165, 1.54) is 10.7 Å². The second-order valence-corrected chi connectivity index (χ2v) is 7.38. The summed E-state index contributed by atoms with van der Waals surface area (Å²) in [5.74, 6) is -0.825. The van der Waals surface area contributed by atoms with E-state index in [-0.39, 0.29) is 16.3 Å². The predicted octanol–water partition coefficient (Wildman–Crippen LogP) is 2.44. The van der Waals surface area contributed by atoms with Crippen LogP contribution in [0.5, 0.6) is 0 Å². The molecule has 0 amide bonds. The van der Waals surface area contributed by atoms with E-state index in [4.69, 9.17) is 5.73 Å². The smallest absolute Gasteiger partial charge is 0.186 e. The maximum absolute atomic E-state index is 13.0. The van der Waals surface area contributed by atoms with E-state index in [0.29, 0.717) is 16.6 Å². The highest BCUT2D eigenvalue weighted by Gasteiger charge is 2.23. The minimum atomic E-state index is -3.68. The van der Waals surface area contributed by atoms with Crippen LogP contribution in [-0.2, 0) is 29.1 Å². The monoisotopic (exact) mass is 375 g/mol. The molecule has 5 nitrogen and oxygen atoms in total. The number of sulfone groups is 1. The highest BCUT2D eigenvalue weighted by molar-refractivity contribution is 9.10. The van der Waals surface area contributed by atoms with Crippen LogP contribution in [0, 0.1) is 5.82 Å². The van der Waals surface area contributed by atoms with Gasteiger partial charge in [0, 0.05) is 7.05 Å². The molecule has 2 rings (SSSR count). The Morgan fingerprint density at radius 2 is 2.10 bits per heavy atom. The summed E-state index contributed by atoms with van der Waals surface area (Å²) in [4.78, 5) is -0.0740. The van der Waals surface area contributed by atoms with Gasteiger partial charge in [-0.1, -0.05) is 6.92 Å². The van der Waals surface area contributed by atoms with Crippen LogP contribution in [0.1, 0.15) is 18.3 Å². The zero-order chi connectivity index (χ0) is 15.8. The second kappa shape index (κ2) is 5.76. The average Bonchev–Trinajstić information content (AvgIpc) is 2.65. The van der Waals surface area contributed by atoms with Crippen molar-refractivity contribution in [3.05, 3.63) is 39.9 Å². The van der Waals surface area contributed by atoms with Gasteiger partial charge in [-0.3, -0.25) is 4.68 Å². The molecule has 0 fully saturated rings.